The molecule has 0 aliphatic carbocycles. The number of likely N-dealkylation sites (tertiary alicyclic amines) is 1. The van der Waals surface area contributed by atoms with E-state index in [2.05, 4.69) is 5.32 Å². The van der Waals surface area contributed by atoms with E-state index in [9.17, 15) is 9.59 Å². The lowest BCUT2D eigenvalue weighted by Crippen LogP contribution is -2.46. The molecule has 120 valence electrons. The van der Waals surface area contributed by atoms with Crippen molar-refractivity contribution in [3.63, 3.8) is 0 Å². The van der Waals surface area contributed by atoms with Crippen LogP contribution in [0.15, 0.2) is 18.2 Å². The molecule has 1 fully saturated rings. The first-order valence-corrected chi connectivity index (χ1v) is 7.88. The molecule has 0 aromatic heterocycles. The third-order valence-corrected chi connectivity index (χ3v) is 4.22. The van der Waals surface area contributed by atoms with Crippen molar-refractivity contribution in [2.75, 3.05) is 26.2 Å². The highest BCUT2D eigenvalue weighted by Gasteiger charge is 2.29. The van der Waals surface area contributed by atoms with E-state index in [0.29, 0.717) is 26.2 Å². The molecule has 0 spiro atoms. The number of carbonyl (C=O) groups excluding carboxylic acids is 2. The summed E-state index contributed by atoms with van der Waals surface area (Å²) in [5.41, 5.74) is 8.15. The summed E-state index contributed by atoms with van der Waals surface area (Å²) >= 11 is 0. The molecule has 1 heterocycles. The molecule has 3 N–H and O–H groups in total. The maximum Gasteiger partial charge on any atom is 0.254 e. The summed E-state index contributed by atoms with van der Waals surface area (Å²) in [6.07, 6.45) is 1.68. The molecule has 5 nitrogen and oxygen atoms in total. The molecule has 1 atom stereocenters. The Morgan fingerprint density at radius 1 is 1.32 bits per heavy atom. The fraction of sp³-hybridized carbons (Fsp3) is 0.529. The van der Waals surface area contributed by atoms with Gasteiger partial charge in [-0.05, 0) is 37.8 Å². The minimum atomic E-state index is -0.131. The molecule has 1 aliphatic rings. The van der Waals surface area contributed by atoms with Crippen molar-refractivity contribution < 1.29 is 9.59 Å². The van der Waals surface area contributed by atoms with Crippen LogP contribution in [0, 0.1) is 19.8 Å². The standard InChI is InChI=1S/C17H25N3O2/c1-12-5-3-6-13(2)15(12)17(22)20-10-4-7-14(11-20)16(21)19-9-8-18/h3,5-6,14H,4,7-11,18H2,1-2H3,(H,19,21). The third-order valence-electron chi connectivity index (χ3n) is 4.22. The Balaban J connectivity index is 2.09. The van der Waals surface area contributed by atoms with Crippen LogP contribution in [0.3, 0.4) is 0 Å². The highest BCUT2D eigenvalue weighted by Crippen LogP contribution is 2.22. The quantitative estimate of drug-likeness (QED) is 0.878. The van der Waals surface area contributed by atoms with Gasteiger partial charge in [0.05, 0.1) is 5.92 Å². The number of rotatable bonds is 4. The first-order valence-electron chi connectivity index (χ1n) is 7.88. The Labute approximate surface area is 131 Å². The molecular weight excluding hydrogens is 278 g/mol. The van der Waals surface area contributed by atoms with Crippen LogP contribution in [-0.4, -0.2) is 42.9 Å². The largest absolute Gasteiger partial charge is 0.355 e. The van der Waals surface area contributed by atoms with Crippen molar-refractivity contribution >= 4 is 11.8 Å². The molecule has 1 saturated heterocycles. The van der Waals surface area contributed by atoms with Gasteiger partial charge in [-0.2, -0.15) is 0 Å². The van der Waals surface area contributed by atoms with Gasteiger partial charge in [-0.1, -0.05) is 18.2 Å². The molecule has 1 aromatic rings. The van der Waals surface area contributed by atoms with Crippen LogP contribution in [0.2, 0.25) is 0 Å². The van der Waals surface area contributed by atoms with Gasteiger partial charge < -0.3 is 16.0 Å². The number of nitrogens with zero attached hydrogens (tertiary/aromatic N) is 1. The molecule has 2 rings (SSSR count). The molecule has 0 bridgehead atoms. The third kappa shape index (κ3) is 3.65. The summed E-state index contributed by atoms with van der Waals surface area (Å²) < 4.78 is 0. The highest BCUT2D eigenvalue weighted by molar-refractivity contribution is 5.97. The van der Waals surface area contributed by atoms with Crippen LogP contribution in [0.5, 0.6) is 0 Å². The average molecular weight is 303 g/mol. The van der Waals surface area contributed by atoms with Gasteiger partial charge in [0, 0.05) is 31.7 Å². The number of carbonyl (C=O) groups is 2. The Morgan fingerprint density at radius 2 is 2.00 bits per heavy atom. The molecule has 22 heavy (non-hydrogen) atoms. The summed E-state index contributed by atoms with van der Waals surface area (Å²) in [7, 11) is 0. The van der Waals surface area contributed by atoms with Crippen LogP contribution in [0.25, 0.3) is 0 Å². The highest BCUT2D eigenvalue weighted by atomic mass is 16.2. The number of benzene rings is 1. The van der Waals surface area contributed by atoms with E-state index in [0.717, 1.165) is 29.5 Å². The predicted octanol–water partition coefficient (Wildman–Crippen LogP) is 1.23. The van der Waals surface area contributed by atoms with Gasteiger partial charge in [0.15, 0.2) is 0 Å². The summed E-state index contributed by atoms with van der Waals surface area (Å²) in [5, 5.41) is 2.82. The second-order valence-electron chi connectivity index (χ2n) is 5.94. The monoisotopic (exact) mass is 303 g/mol. The normalized spacial score (nSPS) is 18.1. The van der Waals surface area contributed by atoms with Crippen LogP contribution in [0.1, 0.15) is 34.3 Å². The van der Waals surface area contributed by atoms with Gasteiger partial charge in [-0.3, -0.25) is 9.59 Å². The first-order chi connectivity index (χ1) is 10.5. The lowest BCUT2D eigenvalue weighted by molar-refractivity contribution is -0.126. The van der Waals surface area contributed by atoms with Crippen molar-refractivity contribution in [1.82, 2.24) is 10.2 Å². The smallest absolute Gasteiger partial charge is 0.254 e. The summed E-state index contributed by atoms with van der Waals surface area (Å²) in [5.74, 6) is -0.0926. The van der Waals surface area contributed by atoms with Gasteiger partial charge in [-0.25, -0.2) is 0 Å². The van der Waals surface area contributed by atoms with E-state index in [-0.39, 0.29) is 17.7 Å². The lowest BCUT2D eigenvalue weighted by atomic mass is 9.95. The van der Waals surface area contributed by atoms with Crippen molar-refractivity contribution in [3.8, 4) is 0 Å². The number of aryl methyl sites for hydroxylation is 2. The molecule has 0 radical (unpaired) electrons. The number of amides is 2. The Kier molecular flexibility index (Phi) is 5.55. The summed E-state index contributed by atoms with van der Waals surface area (Å²) in [6.45, 7) is 6.03. The van der Waals surface area contributed by atoms with E-state index in [1.54, 1.807) is 0 Å². The van der Waals surface area contributed by atoms with E-state index in [1.165, 1.54) is 0 Å². The van der Waals surface area contributed by atoms with Crippen molar-refractivity contribution in [2.45, 2.75) is 26.7 Å². The molecule has 0 saturated carbocycles. The minimum Gasteiger partial charge on any atom is -0.355 e. The number of hydrogen-bond donors (Lipinski definition) is 2. The topological polar surface area (TPSA) is 75.4 Å². The Hall–Kier alpha value is -1.88. The molecule has 1 unspecified atom stereocenters. The second kappa shape index (κ2) is 7.40. The van der Waals surface area contributed by atoms with Crippen molar-refractivity contribution in [3.05, 3.63) is 34.9 Å². The molecule has 2 amide bonds. The first kappa shape index (κ1) is 16.5. The van der Waals surface area contributed by atoms with Crippen LogP contribution < -0.4 is 11.1 Å². The second-order valence-corrected chi connectivity index (χ2v) is 5.94. The van der Waals surface area contributed by atoms with E-state index < -0.39 is 0 Å². The number of nitrogens with one attached hydrogen (secondary N) is 1. The zero-order chi connectivity index (χ0) is 16.1. The van der Waals surface area contributed by atoms with Gasteiger partial charge in [0.2, 0.25) is 5.91 Å². The van der Waals surface area contributed by atoms with Crippen LogP contribution in [0.4, 0.5) is 0 Å². The van der Waals surface area contributed by atoms with E-state index in [1.807, 2.05) is 36.9 Å². The maximum atomic E-state index is 12.8. The SMILES string of the molecule is Cc1cccc(C)c1C(=O)N1CCCC(C(=O)NCCN)C1. The van der Waals surface area contributed by atoms with Gasteiger partial charge in [0.1, 0.15) is 0 Å². The molecule has 1 aromatic carbocycles. The van der Waals surface area contributed by atoms with Crippen molar-refractivity contribution in [1.29, 1.82) is 0 Å². The van der Waals surface area contributed by atoms with E-state index >= 15 is 0 Å². The number of hydrogen-bond acceptors (Lipinski definition) is 3. The molecule has 5 heteroatoms. The van der Waals surface area contributed by atoms with Crippen LogP contribution in [-0.2, 0) is 4.79 Å². The number of nitrogens with two attached hydrogens (primary N) is 1. The lowest BCUT2D eigenvalue weighted by Gasteiger charge is -2.32. The van der Waals surface area contributed by atoms with Gasteiger partial charge >= 0.3 is 0 Å². The molecule has 1 aliphatic heterocycles. The Bertz CT molecular complexity index is 537. The fourth-order valence-electron chi connectivity index (χ4n) is 3.03. The van der Waals surface area contributed by atoms with Gasteiger partial charge in [0.25, 0.3) is 5.91 Å². The molecular formula is C17H25N3O2. The maximum absolute atomic E-state index is 12.8. The minimum absolute atomic E-state index is 0.00413. The average Bonchev–Trinajstić information content (AvgIpc) is 2.52. The fourth-order valence-corrected chi connectivity index (χ4v) is 3.03. The predicted molar refractivity (Wildman–Crippen MR) is 86.6 cm³/mol. The van der Waals surface area contributed by atoms with Crippen LogP contribution >= 0.6 is 0 Å². The summed E-state index contributed by atoms with van der Waals surface area (Å²) in [4.78, 5) is 26.7. The Morgan fingerprint density at radius 3 is 2.64 bits per heavy atom. The summed E-state index contributed by atoms with van der Waals surface area (Å²) in [6, 6.07) is 5.87. The van der Waals surface area contributed by atoms with E-state index in [4.69, 9.17) is 5.73 Å². The van der Waals surface area contributed by atoms with Gasteiger partial charge in [-0.15, -0.1) is 0 Å². The van der Waals surface area contributed by atoms with Crippen molar-refractivity contribution in [2.24, 2.45) is 11.7 Å². The number of piperidine rings is 1. The zero-order valence-electron chi connectivity index (χ0n) is 13.4. The zero-order valence-corrected chi connectivity index (χ0v) is 13.4.